The van der Waals surface area contributed by atoms with E-state index >= 15 is 0 Å². The predicted molar refractivity (Wildman–Crippen MR) is 70.2 cm³/mol. The van der Waals surface area contributed by atoms with Crippen molar-refractivity contribution in [2.45, 2.75) is 39.3 Å². The summed E-state index contributed by atoms with van der Waals surface area (Å²) in [6, 6.07) is 7.55. The smallest absolute Gasteiger partial charge is 0.281 e. The number of hydrogen-bond acceptors (Lipinski definition) is 3. The molecule has 0 aromatic heterocycles. The summed E-state index contributed by atoms with van der Waals surface area (Å²) < 4.78 is 6.18. The van der Waals surface area contributed by atoms with Crippen molar-refractivity contribution in [3.63, 3.8) is 0 Å². The topological polar surface area (TPSA) is 49.7 Å². The normalized spacial score (nSPS) is 12.1. The Hall–Kier alpha value is -0.420. The Bertz CT molecular complexity index is 331. The molecule has 0 heterocycles. The summed E-state index contributed by atoms with van der Waals surface area (Å²) in [7, 11) is 0. The van der Waals surface area contributed by atoms with Crippen molar-refractivity contribution in [2.75, 3.05) is 0 Å². The molecule has 0 amide bonds. The second-order valence-electron chi connectivity index (χ2n) is 4.09. The molecule has 2 N–H and O–H groups in total. The fourth-order valence-electron chi connectivity index (χ4n) is 1.71. The van der Waals surface area contributed by atoms with Crippen molar-refractivity contribution in [3.8, 4) is 0 Å². The standard InChI is InChI=1S/C13H19BrO3/c1-3-11(4-2)13(15,16)17-9-10-5-7-12(14)8-6-10/h5-8,11,15-16H,3-4,9H2,1-2H3. The zero-order chi connectivity index (χ0) is 12.9. The van der Waals surface area contributed by atoms with Gasteiger partial charge in [-0.1, -0.05) is 41.9 Å². The van der Waals surface area contributed by atoms with Gasteiger partial charge >= 0.3 is 0 Å². The Morgan fingerprint density at radius 1 is 1.18 bits per heavy atom. The molecule has 0 fully saturated rings. The first-order valence-electron chi connectivity index (χ1n) is 5.82. The molecule has 96 valence electrons. The highest BCUT2D eigenvalue weighted by atomic mass is 79.9. The van der Waals surface area contributed by atoms with E-state index in [2.05, 4.69) is 15.9 Å². The first kappa shape index (κ1) is 14.6. The lowest BCUT2D eigenvalue weighted by atomic mass is 10.0. The predicted octanol–water partition coefficient (Wildman–Crippen LogP) is 3.04. The number of benzene rings is 1. The molecule has 4 heteroatoms. The van der Waals surface area contributed by atoms with Crippen LogP contribution in [0, 0.1) is 5.92 Å². The van der Waals surface area contributed by atoms with Gasteiger partial charge < -0.3 is 14.9 Å². The molecular weight excluding hydrogens is 284 g/mol. The van der Waals surface area contributed by atoms with Crippen LogP contribution in [0.4, 0.5) is 0 Å². The van der Waals surface area contributed by atoms with Gasteiger partial charge in [0.25, 0.3) is 5.97 Å². The highest BCUT2D eigenvalue weighted by Gasteiger charge is 2.33. The van der Waals surface area contributed by atoms with Gasteiger partial charge in [0.15, 0.2) is 0 Å². The minimum Gasteiger partial charge on any atom is -0.343 e. The van der Waals surface area contributed by atoms with Crippen LogP contribution in [0.2, 0.25) is 0 Å². The summed E-state index contributed by atoms with van der Waals surface area (Å²) in [6.07, 6.45) is 1.34. The highest BCUT2D eigenvalue weighted by molar-refractivity contribution is 9.10. The van der Waals surface area contributed by atoms with E-state index in [1.807, 2.05) is 38.1 Å². The lowest BCUT2D eigenvalue weighted by Crippen LogP contribution is -2.40. The van der Waals surface area contributed by atoms with Crippen LogP contribution in [0.15, 0.2) is 28.7 Å². The second kappa shape index (κ2) is 6.50. The Labute approximate surface area is 111 Å². The molecule has 0 aliphatic rings. The van der Waals surface area contributed by atoms with Crippen LogP contribution in [0.3, 0.4) is 0 Å². The van der Waals surface area contributed by atoms with Gasteiger partial charge in [0.1, 0.15) is 0 Å². The molecule has 0 atom stereocenters. The maximum atomic E-state index is 9.81. The van der Waals surface area contributed by atoms with Gasteiger partial charge in [0, 0.05) is 10.4 Å². The van der Waals surface area contributed by atoms with E-state index in [-0.39, 0.29) is 12.5 Å². The molecule has 0 aliphatic carbocycles. The van der Waals surface area contributed by atoms with Crippen LogP contribution in [0.25, 0.3) is 0 Å². The summed E-state index contributed by atoms with van der Waals surface area (Å²) >= 11 is 3.34. The Kier molecular flexibility index (Phi) is 5.59. The third-order valence-electron chi connectivity index (χ3n) is 2.88. The van der Waals surface area contributed by atoms with Crippen LogP contribution in [-0.4, -0.2) is 16.2 Å². The first-order chi connectivity index (χ1) is 7.99. The maximum Gasteiger partial charge on any atom is 0.281 e. The summed E-state index contributed by atoms with van der Waals surface area (Å²) in [4.78, 5) is 0. The van der Waals surface area contributed by atoms with Crippen LogP contribution < -0.4 is 0 Å². The molecule has 0 bridgehead atoms. The molecule has 3 nitrogen and oxygen atoms in total. The third kappa shape index (κ3) is 4.39. The van der Waals surface area contributed by atoms with Crippen molar-refractivity contribution in [2.24, 2.45) is 5.92 Å². The molecule has 0 aliphatic heterocycles. The average molecular weight is 303 g/mol. The Balaban J connectivity index is 2.57. The van der Waals surface area contributed by atoms with Crippen molar-refractivity contribution in [3.05, 3.63) is 34.3 Å². The van der Waals surface area contributed by atoms with E-state index in [4.69, 9.17) is 4.74 Å². The minimum absolute atomic E-state index is 0.191. The van der Waals surface area contributed by atoms with Crippen molar-refractivity contribution >= 4 is 15.9 Å². The van der Waals surface area contributed by atoms with Crippen molar-refractivity contribution < 1.29 is 14.9 Å². The van der Waals surface area contributed by atoms with Gasteiger partial charge in [-0.15, -0.1) is 0 Å². The lowest BCUT2D eigenvalue weighted by Gasteiger charge is -2.29. The zero-order valence-electron chi connectivity index (χ0n) is 10.2. The summed E-state index contributed by atoms with van der Waals surface area (Å²) in [5.41, 5.74) is 0.909. The van der Waals surface area contributed by atoms with E-state index in [0.717, 1.165) is 10.0 Å². The Morgan fingerprint density at radius 3 is 2.18 bits per heavy atom. The van der Waals surface area contributed by atoms with Crippen molar-refractivity contribution in [1.29, 1.82) is 0 Å². The minimum atomic E-state index is -2.05. The fraction of sp³-hybridized carbons (Fsp3) is 0.538. The van der Waals surface area contributed by atoms with Gasteiger partial charge in [-0.2, -0.15) is 0 Å². The van der Waals surface area contributed by atoms with E-state index in [0.29, 0.717) is 12.8 Å². The number of hydrogen-bond donors (Lipinski definition) is 2. The SMILES string of the molecule is CCC(CC)C(O)(O)OCc1ccc(Br)cc1. The summed E-state index contributed by atoms with van der Waals surface area (Å²) in [5, 5.41) is 19.6. The van der Waals surface area contributed by atoms with Gasteiger partial charge in [0.2, 0.25) is 0 Å². The number of aliphatic hydroxyl groups is 2. The molecule has 17 heavy (non-hydrogen) atoms. The zero-order valence-corrected chi connectivity index (χ0v) is 11.8. The molecular formula is C13H19BrO3. The van der Waals surface area contributed by atoms with E-state index in [1.165, 1.54) is 0 Å². The van der Waals surface area contributed by atoms with Crippen LogP contribution in [0.1, 0.15) is 32.3 Å². The second-order valence-corrected chi connectivity index (χ2v) is 5.00. The van der Waals surface area contributed by atoms with Crippen LogP contribution in [-0.2, 0) is 11.3 Å². The average Bonchev–Trinajstić information content (AvgIpc) is 2.29. The maximum absolute atomic E-state index is 9.81. The lowest BCUT2D eigenvalue weighted by molar-refractivity contribution is -0.371. The third-order valence-corrected chi connectivity index (χ3v) is 3.41. The summed E-state index contributed by atoms with van der Waals surface area (Å²) in [5.74, 6) is -2.31. The molecule has 1 rings (SSSR count). The molecule has 0 radical (unpaired) electrons. The summed E-state index contributed by atoms with van der Waals surface area (Å²) in [6.45, 7) is 4.02. The Morgan fingerprint density at radius 2 is 1.71 bits per heavy atom. The quantitative estimate of drug-likeness (QED) is 0.794. The van der Waals surface area contributed by atoms with Gasteiger partial charge in [-0.3, -0.25) is 0 Å². The van der Waals surface area contributed by atoms with E-state index in [9.17, 15) is 10.2 Å². The molecule has 0 saturated heterocycles. The van der Waals surface area contributed by atoms with Crippen molar-refractivity contribution in [1.82, 2.24) is 0 Å². The molecule has 1 aromatic rings. The van der Waals surface area contributed by atoms with Gasteiger partial charge in [0.05, 0.1) is 6.61 Å². The molecule has 0 spiro atoms. The number of halogens is 1. The molecule has 1 aromatic carbocycles. The van der Waals surface area contributed by atoms with Crippen LogP contribution >= 0.6 is 15.9 Å². The molecule has 0 saturated carbocycles. The van der Waals surface area contributed by atoms with E-state index in [1.54, 1.807) is 0 Å². The first-order valence-corrected chi connectivity index (χ1v) is 6.62. The van der Waals surface area contributed by atoms with E-state index < -0.39 is 5.97 Å². The van der Waals surface area contributed by atoms with Gasteiger partial charge in [-0.05, 0) is 30.5 Å². The highest BCUT2D eigenvalue weighted by Crippen LogP contribution is 2.24. The largest absolute Gasteiger partial charge is 0.343 e. The number of rotatable bonds is 6. The fourth-order valence-corrected chi connectivity index (χ4v) is 1.97. The van der Waals surface area contributed by atoms with Gasteiger partial charge in [-0.25, -0.2) is 0 Å². The molecule has 0 unspecified atom stereocenters. The van der Waals surface area contributed by atoms with Crippen LogP contribution in [0.5, 0.6) is 0 Å². The monoisotopic (exact) mass is 302 g/mol. The number of ether oxygens (including phenoxy) is 1.